The molecule has 20 heavy (non-hydrogen) atoms. The van der Waals surface area contributed by atoms with Gasteiger partial charge in [0, 0.05) is 6.04 Å². The van der Waals surface area contributed by atoms with E-state index >= 15 is 0 Å². The van der Waals surface area contributed by atoms with Crippen LogP contribution in [0.25, 0.3) is 0 Å². The highest BCUT2D eigenvalue weighted by atomic mass is 16.6. The zero-order valence-electron chi connectivity index (χ0n) is 12.5. The Labute approximate surface area is 119 Å². The topological polar surface area (TPSA) is 76.1 Å². The van der Waals surface area contributed by atoms with Gasteiger partial charge >= 0.3 is 12.1 Å². The van der Waals surface area contributed by atoms with E-state index in [1.54, 1.807) is 4.90 Å². The molecule has 0 saturated carbocycles. The average Bonchev–Trinajstić information content (AvgIpc) is 2.63. The lowest BCUT2D eigenvalue weighted by atomic mass is 9.87. The third-order valence-corrected chi connectivity index (χ3v) is 3.97. The first-order valence-corrected chi connectivity index (χ1v) is 7.02. The van der Waals surface area contributed by atoms with Gasteiger partial charge in [0.05, 0.1) is 19.3 Å². The molecule has 2 aliphatic rings. The van der Waals surface area contributed by atoms with E-state index in [2.05, 4.69) is 0 Å². The van der Waals surface area contributed by atoms with Crippen molar-refractivity contribution in [2.24, 2.45) is 5.92 Å². The normalized spacial score (nSPS) is 33.0. The average molecular weight is 285 g/mol. The van der Waals surface area contributed by atoms with Gasteiger partial charge in [-0.15, -0.1) is 0 Å². The van der Waals surface area contributed by atoms with Crippen LogP contribution in [0.3, 0.4) is 0 Å². The maximum atomic E-state index is 12.3. The van der Waals surface area contributed by atoms with Crippen LogP contribution in [-0.4, -0.2) is 53.0 Å². The first-order valence-electron chi connectivity index (χ1n) is 7.02. The molecule has 2 saturated heterocycles. The van der Waals surface area contributed by atoms with Gasteiger partial charge in [-0.1, -0.05) is 0 Å². The summed E-state index contributed by atoms with van der Waals surface area (Å²) in [6.07, 6.45) is 0.717. The highest BCUT2D eigenvalue weighted by molar-refractivity contribution is 5.77. The second-order valence-corrected chi connectivity index (χ2v) is 6.54. The number of methoxy groups -OCH3 is 1. The first-order chi connectivity index (χ1) is 9.24. The molecule has 1 amide bonds. The molecule has 2 bridgehead atoms. The van der Waals surface area contributed by atoms with Gasteiger partial charge in [0.25, 0.3) is 0 Å². The maximum Gasteiger partial charge on any atom is 0.410 e. The fraction of sp³-hybridized carbons (Fsp3) is 0.857. The molecular formula is C14H23NO5. The summed E-state index contributed by atoms with van der Waals surface area (Å²) in [5.41, 5.74) is -0.576. The Hall–Kier alpha value is -1.30. The van der Waals surface area contributed by atoms with Crippen molar-refractivity contribution in [1.29, 1.82) is 0 Å². The summed E-state index contributed by atoms with van der Waals surface area (Å²) >= 11 is 0. The van der Waals surface area contributed by atoms with Gasteiger partial charge in [0.15, 0.2) is 0 Å². The predicted octanol–water partition coefficient (Wildman–Crippen LogP) is 1.31. The van der Waals surface area contributed by atoms with E-state index in [0.29, 0.717) is 12.8 Å². The standard InChI is InChI=1S/C14H23NO5/c1-14(2,3)20-13(18)15-8-5-6-9(15)11(10(16)7-8)12(17)19-4/h8-11,16H,5-7H2,1-4H3. The van der Waals surface area contributed by atoms with Crippen LogP contribution in [0.1, 0.15) is 40.0 Å². The zero-order chi connectivity index (χ0) is 15.1. The van der Waals surface area contributed by atoms with E-state index in [9.17, 15) is 14.7 Å². The predicted molar refractivity (Wildman–Crippen MR) is 71.0 cm³/mol. The van der Waals surface area contributed by atoms with E-state index < -0.39 is 29.7 Å². The van der Waals surface area contributed by atoms with Crippen LogP contribution in [0.5, 0.6) is 0 Å². The van der Waals surface area contributed by atoms with Crippen molar-refractivity contribution in [3.63, 3.8) is 0 Å². The molecule has 2 rings (SSSR count). The maximum absolute atomic E-state index is 12.3. The number of nitrogens with zero attached hydrogens (tertiary/aromatic N) is 1. The number of carbonyl (C=O) groups is 2. The van der Waals surface area contributed by atoms with Crippen molar-refractivity contribution in [1.82, 2.24) is 4.90 Å². The summed E-state index contributed by atoms with van der Waals surface area (Å²) in [4.78, 5) is 25.8. The molecule has 4 atom stereocenters. The van der Waals surface area contributed by atoms with Gasteiger partial charge < -0.3 is 19.5 Å². The monoisotopic (exact) mass is 285 g/mol. The zero-order valence-corrected chi connectivity index (χ0v) is 12.5. The number of esters is 1. The highest BCUT2D eigenvalue weighted by Crippen LogP contribution is 2.40. The van der Waals surface area contributed by atoms with E-state index in [1.165, 1.54) is 7.11 Å². The smallest absolute Gasteiger partial charge is 0.410 e. The number of hydrogen-bond acceptors (Lipinski definition) is 5. The van der Waals surface area contributed by atoms with Gasteiger partial charge in [-0.3, -0.25) is 4.79 Å². The molecule has 2 heterocycles. The molecule has 0 spiro atoms. The van der Waals surface area contributed by atoms with Crippen molar-refractivity contribution >= 4 is 12.1 Å². The van der Waals surface area contributed by atoms with Crippen molar-refractivity contribution in [3.8, 4) is 0 Å². The number of aliphatic hydroxyl groups is 1. The van der Waals surface area contributed by atoms with Crippen molar-refractivity contribution < 1.29 is 24.2 Å². The van der Waals surface area contributed by atoms with Gasteiger partial charge in [0.2, 0.25) is 0 Å². The summed E-state index contributed by atoms with van der Waals surface area (Å²) in [6.45, 7) is 5.43. The molecule has 0 aliphatic carbocycles. The van der Waals surface area contributed by atoms with Gasteiger partial charge in [0.1, 0.15) is 11.5 Å². The van der Waals surface area contributed by atoms with Crippen molar-refractivity contribution in [2.45, 2.75) is 63.8 Å². The van der Waals surface area contributed by atoms with Gasteiger partial charge in [-0.05, 0) is 40.0 Å². The minimum absolute atomic E-state index is 0.0502. The second-order valence-electron chi connectivity index (χ2n) is 6.54. The Morgan fingerprint density at radius 2 is 1.90 bits per heavy atom. The van der Waals surface area contributed by atoms with Gasteiger partial charge in [-0.2, -0.15) is 0 Å². The molecule has 0 aromatic carbocycles. The minimum Gasteiger partial charge on any atom is -0.469 e. The Balaban J connectivity index is 2.19. The van der Waals surface area contributed by atoms with Crippen molar-refractivity contribution in [3.05, 3.63) is 0 Å². The van der Waals surface area contributed by atoms with E-state index in [4.69, 9.17) is 9.47 Å². The molecule has 1 N–H and O–H groups in total. The first kappa shape index (κ1) is 15.1. The van der Waals surface area contributed by atoms with Crippen LogP contribution in [0, 0.1) is 5.92 Å². The highest BCUT2D eigenvalue weighted by Gasteiger charge is 2.53. The van der Waals surface area contributed by atoms with Crippen LogP contribution in [0.2, 0.25) is 0 Å². The molecule has 6 heteroatoms. The number of ether oxygens (including phenoxy) is 2. The van der Waals surface area contributed by atoms with E-state index in [0.717, 1.165) is 6.42 Å². The Morgan fingerprint density at radius 3 is 2.45 bits per heavy atom. The van der Waals surface area contributed by atoms with Crippen LogP contribution in [0.15, 0.2) is 0 Å². The summed E-state index contributed by atoms with van der Waals surface area (Å²) in [5.74, 6) is -1.14. The Morgan fingerprint density at radius 1 is 1.25 bits per heavy atom. The number of hydrogen-bond donors (Lipinski definition) is 1. The summed E-state index contributed by atoms with van der Waals surface area (Å²) < 4.78 is 10.2. The largest absolute Gasteiger partial charge is 0.469 e. The van der Waals surface area contributed by atoms with Crippen molar-refractivity contribution in [2.75, 3.05) is 7.11 Å². The van der Waals surface area contributed by atoms with E-state index in [1.807, 2.05) is 20.8 Å². The Kier molecular flexibility index (Phi) is 3.95. The number of amides is 1. The van der Waals surface area contributed by atoms with Crippen LogP contribution >= 0.6 is 0 Å². The molecular weight excluding hydrogens is 262 g/mol. The quantitative estimate of drug-likeness (QED) is 0.735. The molecule has 2 fully saturated rings. The summed E-state index contributed by atoms with van der Waals surface area (Å²) in [5, 5.41) is 10.1. The number of rotatable bonds is 1. The number of carbonyl (C=O) groups excluding carboxylic acids is 2. The van der Waals surface area contributed by atoms with Gasteiger partial charge in [-0.25, -0.2) is 4.79 Å². The minimum atomic E-state index is -0.751. The third-order valence-electron chi connectivity index (χ3n) is 3.97. The fourth-order valence-electron chi connectivity index (χ4n) is 3.23. The van der Waals surface area contributed by atoms with Crippen LogP contribution in [0.4, 0.5) is 4.79 Å². The number of aliphatic hydroxyl groups excluding tert-OH is 1. The lowest BCUT2D eigenvalue weighted by Gasteiger charge is -2.41. The lowest BCUT2D eigenvalue weighted by molar-refractivity contribution is -0.155. The fourth-order valence-corrected chi connectivity index (χ4v) is 3.23. The molecule has 0 aromatic rings. The molecule has 4 unspecified atom stereocenters. The molecule has 6 nitrogen and oxygen atoms in total. The molecule has 114 valence electrons. The number of fused-ring (bicyclic) bond motifs is 2. The molecule has 2 aliphatic heterocycles. The molecule has 0 aromatic heterocycles. The van der Waals surface area contributed by atoms with Crippen LogP contribution in [-0.2, 0) is 14.3 Å². The third kappa shape index (κ3) is 2.75. The summed E-state index contributed by atoms with van der Waals surface area (Å²) in [7, 11) is 1.30. The summed E-state index contributed by atoms with van der Waals surface area (Å²) in [6, 6.07) is -0.378. The Bertz CT molecular complexity index is 403. The lowest BCUT2D eigenvalue weighted by Crippen LogP contribution is -2.56. The number of piperidine rings is 1. The molecule has 0 radical (unpaired) electrons. The van der Waals surface area contributed by atoms with Crippen LogP contribution < -0.4 is 0 Å². The van der Waals surface area contributed by atoms with E-state index in [-0.39, 0.29) is 12.1 Å². The SMILES string of the molecule is COC(=O)C1C(O)CC2CCC1N2C(=O)OC(C)(C)C. The second kappa shape index (κ2) is 5.24.